The van der Waals surface area contributed by atoms with Crippen molar-refractivity contribution in [2.24, 2.45) is 0 Å². The predicted molar refractivity (Wildman–Crippen MR) is 70.2 cm³/mol. The molecular weight excluding hydrogens is 268 g/mol. The molecule has 0 aliphatic heterocycles. The largest absolute Gasteiger partial charge is 0.493 e. The minimum absolute atomic E-state index is 0.391. The van der Waals surface area contributed by atoms with E-state index in [1.54, 1.807) is 12.1 Å². The molecule has 0 aliphatic rings. The van der Waals surface area contributed by atoms with Crippen LogP contribution in [0.1, 0.15) is 0 Å². The highest BCUT2D eigenvalue weighted by Gasteiger charge is 2.18. The van der Waals surface area contributed by atoms with Crippen LogP contribution < -0.4 is 20.1 Å². The van der Waals surface area contributed by atoms with Gasteiger partial charge in [-0.1, -0.05) is 0 Å². The zero-order chi connectivity index (χ0) is 15.1. The number of carbonyl (C=O) groups excluding carboxylic acids is 1. The lowest BCUT2D eigenvalue weighted by Gasteiger charge is -2.14. The maximum absolute atomic E-state index is 11.6. The summed E-state index contributed by atoms with van der Waals surface area (Å²) in [7, 11) is 2.93. The Kier molecular flexibility index (Phi) is 5.60. The second-order valence-electron chi connectivity index (χ2n) is 3.74. The molecule has 0 aliphatic carbocycles. The highest BCUT2D eigenvalue weighted by Crippen LogP contribution is 2.29. The van der Waals surface area contributed by atoms with Gasteiger partial charge in [0.05, 0.1) is 20.8 Å². The first-order valence-electron chi connectivity index (χ1n) is 5.65. The zero-order valence-electron chi connectivity index (χ0n) is 11.0. The van der Waals surface area contributed by atoms with E-state index in [9.17, 15) is 9.59 Å². The van der Waals surface area contributed by atoms with Gasteiger partial charge in [0.2, 0.25) is 0 Å². The van der Waals surface area contributed by atoms with Crippen LogP contribution in [0.5, 0.6) is 11.5 Å². The van der Waals surface area contributed by atoms with Crippen molar-refractivity contribution >= 4 is 17.7 Å². The van der Waals surface area contributed by atoms with Crippen LogP contribution >= 0.6 is 0 Å². The Morgan fingerprint density at radius 2 is 1.90 bits per heavy atom. The molecule has 8 nitrogen and oxygen atoms in total. The van der Waals surface area contributed by atoms with Crippen molar-refractivity contribution in [3.8, 4) is 11.5 Å². The molecule has 2 amide bonds. The molecule has 0 saturated heterocycles. The summed E-state index contributed by atoms with van der Waals surface area (Å²) in [6.07, 6.45) is 0. The molecule has 0 saturated carbocycles. The van der Waals surface area contributed by atoms with E-state index < -0.39 is 24.6 Å². The fourth-order valence-electron chi connectivity index (χ4n) is 1.42. The third-order valence-electron chi connectivity index (χ3n) is 2.43. The summed E-state index contributed by atoms with van der Waals surface area (Å²) in [5.41, 5.74) is 0.391. The number of aliphatic hydroxyl groups excluding tert-OH is 1. The molecular formula is C12H16N2O6. The number of rotatable bonds is 6. The zero-order valence-corrected chi connectivity index (χ0v) is 11.0. The predicted octanol–water partition coefficient (Wildman–Crippen LogP) is 0.271. The first kappa shape index (κ1) is 15.6. The highest BCUT2D eigenvalue weighted by atomic mass is 16.5. The molecule has 1 aromatic rings. The van der Waals surface area contributed by atoms with Gasteiger partial charge in [0, 0.05) is 11.8 Å². The van der Waals surface area contributed by atoms with Crippen molar-refractivity contribution in [3.05, 3.63) is 18.2 Å². The Balaban J connectivity index is 2.73. The van der Waals surface area contributed by atoms with Crippen LogP contribution in [-0.2, 0) is 4.79 Å². The summed E-state index contributed by atoms with van der Waals surface area (Å²) < 4.78 is 10.1. The van der Waals surface area contributed by atoms with Crippen molar-refractivity contribution in [3.63, 3.8) is 0 Å². The average Bonchev–Trinajstić information content (AvgIpc) is 2.44. The van der Waals surface area contributed by atoms with Crippen LogP contribution in [0.4, 0.5) is 10.5 Å². The van der Waals surface area contributed by atoms with Crippen molar-refractivity contribution in [1.29, 1.82) is 0 Å². The number of anilines is 1. The third-order valence-corrected chi connectivity index (χ3v) is 2.43. The topological polar surface area (TPSA) is 117 Å². The molecule has 0 spiro atoms. The van der Waals surface area contributed by atoms with Crippen molar-refractivity contribution in [1.82, 2.24) is 5.32 Å². The number of aliphatic carboxylic acids is 1. The summed E-state index contributed by atoms with van der Waals surface area (Å²) in [4.78, 5) is 22.2. The lowest BCUT2D eigenvalue weighted by molar-refractivity contribution is -0.140. The third kappa shape index (κ3) is 4.02. The van der Waals surface area contributed by atoms with Crippen LogP contribution in [-0.4, -0.2) is 49.1 Å². The van der Waals surface area contributed by atoms with Crippen molar-refractivity contribution < 1.29 is 29.3 Å². The number of aliphatic hydroxyl groups is 1. The van der Waals surface area contributed by atoms with Crippen LogP contribution in [0.2, 0.25) is 0 Å². The van der Waals surface area contributed by atoms with Gasteiger partial charge in [0.25, 0.3) is 0 Å². The number of ether oxygens (including phenoxy) is 2. The first-order chi connectivity index (χ1) is 9.51. The summed E-state index contributed by atoms with van der Waals surface area (Å²) in [6.45, 7) is -0.700. The van der Waals surface area contributed by atoms with E-state index in [-0.39, 0.29) is 0 Å². The van der Waals surface area contributed by atoms with Gasteiger partial charge >= 0.3 is 12.0 Å². The highest BCUT2D eigenvalue weighted by molar-refractivity contribution is 5.92. The number of carboxylic acid groups (broad SMARTS) is 1. The fraction of sp³-hybridized carbons (Fsp3) is 0.333. The molecule has 0 aromatic heterocycles. The minimum Gasteiger partial charge on any atom is -0.493 e. The van der Waals surface area contributed by atoms with Gasteiger partial charge < -0.3 is 30.3 Å². The SMILES string of the molecule is COc1ccc(NC(=O)N[C@@H](CO)C(=O)O)cc1OC. The molecule has 0 bridgehead atoms. The summed E-state index contributed by atoms with van der Waals surface area (Å²) in [6, 6.07) is 2.56. The van der Waals surface area contributed by atoms with Crippen LogP contribution in [0, 0.1) is 0 Å². The monoisotopic (exact) mass is 284 g/mol. The molecule has 8 heteroatoms. The van der Waals surface area contributed by atoms with Crippen LogP contribution in [0.25, 0.3) is 0 Å². The fourth-order valence-corrected chi connectivity index (χ4v) is 1.42. The Morgan fingerprint density at radius 1 is 1.25 bits per heavy atom. The lowest BCUT2D eigenvalue weighted by Crippen LogP contribution is -2.45. The molecule has 0 radical (unpaired) electrons. The van der Waals surface area contributed by atoms with Gasteiger partial charge in [-0.2, -0.15) is 0 Å². The minimum atomic E-state index is -1.37. The van der Waals surface area contributed by atoms with Gasteiger partial charge in [0.15, 0.2) is 17.5 Å². The lowest BCUT2D eigenvalue weighted by atomic mass is 10.2. The van der Waals surface area contributed by atoms with E-state index in [0.29, 0.717) is 17.2 Å². The smallest absolute Gasteiger partial charge is 0.328 e. The van der Waals surface area contributed by atoms with Gasteiger partial charge in [0.1, 0.15) is 0 Å². The van der Waals surface area contributed by atoms with Crippen molar-refractivity contribution in [2.75, 3.05) is 26.1 Å². The number of benzene rings is 1. The summed E-state index contributed by atoms with van der Waals surface area (Å²) in [5.74, 6) is -0.408. The number of methoxy groups -OCH3 is 2. The second kappa shape index (κ2) is 7.19. The van der Waals surface area contributed by atoms with E-state index in [0.717, 1.165) is 0 Å². The van der Waals surface area contributed by atoms with E-state index in [2.05, 4.69) is 10.6 Å². The maximum Gasteiger partial charge on any atom is 0.328 e. The Morgan fingerprint density at radius 3 is 2.40 bits per heavy atom. The molecule has 1 rings (SSSR count). The molecule has 110 valence electrons. The van der Waals surface area contributed by atoms with Gasteiger partial charge in [-0.3, -0.25) is 0 Å². The standard InChI is InChI=1S/C12H16N2O6/c1-19-9-4-3-7(5-10(9)20-2)13-12(18)14-8(6-15)11(16)17/h3-5,8,15H,6H2,1-2H3,(H,16,17)(H2,13,14,18)/t8-/m0/s1. The Bertz CT molecular complexity index is 491. The van der Waals surface area contributed by atoms with E-state index in [1.165, 1.54) is 20.3 Å². The van der Waals surface area contributed by atoms with Crippen molar-refractivity contribution in [2.45, 2.75) is 6.04 Å². The van der Waals surface area contributed by atoms with Crippen LogP contribution in [0.15, 0.2) is 18.2 Å². The van der Waals surface area contributed by atoms with E-state index in [4.69, 9.17) is 19.7 Å². The molecule has 4 N–H and O–H groups in total. The van der Waals surface area contributed by atoms with Gasteiger partial charge in [-0.15, -0.1) is 0 Å². The molecule has 0 heterocycles. The number of nitrogens with one attached hydrogen (secondary N) is 2. The second-order valence-corrected chi connectivity index (χ2v) is 3.74. The number of carboxylic acids is 1. The Labute approximate surface area is 115 Å². The normalized spacial score (nSPS) is 11.3. The number of carbonyl (C=O) groups is 2. The van der Waals surface area contributed by atoms with Gasteiger partial charge in [-0.25, -0.2) is 9.59 Å². The molecule has 1 atom stereocenters. The number of hydrogen-bond acceptors (Lipinski definition) is 5. The van der Waals surface area contributed by atoms with E-state index in [1.807, 2.05) is 0 Å². The molecule has 20 heavy (non-hydrogen) atoms. The summed E-state index contributed by atoms with van der Waals surface area (Å²) >= 11 is 0. The number of urea groups is 1. The van der Waals surface area contributed by atoms with Gasteiger partial charge in [-0.05, 0) is 12.1 Å². The summed E-state index contributed by atoms with van der Waals surface area (Å²) in [5, 5.41) is 22.0. The average molecular weight is 284 g/mol. The Hall–Kier alpha value is -2.48. The number of hydrogen-bond donors (Lipinski definition) is 4. The van der Waals surface area contributed by atoms with E-state index >= 15 is 0 Å². The first-order valence-corrected chi connectivity index (χ1v) is 5.65. The molecule has 1 aromatic carbocycles. The molecule has 0 fully saturated rings. The number of amides is 2. The maximum atomic E-state index is 11.6. The molecule has 0 unspecified atom stereocenters. The quantitative estimate of drug-likeness (QED) is 0.595. The van der Waals surface area contributed by atoms with Crippen LogP contribution in [0.3, 0.4) is 0 Å².